The molecule has 0 bridgehead atoms. The summed E-state index contributed by atoms with van der Waals surface area (Å²) in [5.41, 5.74) is -3.81. The number of carbonyl (C=O) groups is 7. The molecule has 21 heteroatoms. The van der Waals surface area contributed by atoms with Gasteiger partial charge in [0.25, 0.3) is 11.8 Å². The Morgan fingerprint density at radius 1 is 0.972 bits per heavy atom. The summed E-state index contributed by atoms with van der Waals surface area (Å²) >= 11 is 2.50. The second-order valence-corrected chi connectivity index (χ2v) is 22.9. The molecule has 7 amide bonds. The minimum atomic E-state index is -5.84. The van der Waals surface area contributed by atoms with Gasteiger partial charge < -0.3 is 34.7 Å². The van der Waals surface area contributed by atoms with Gasteiger partial charge in [-0.3, -0.25) is 43.4 Å². The van der Waals surface area contributed by atoms with Crippen molar-refractivity contribution in [2.24, 2.45) is 5.41 Å². The van der Waals surface area contributed by atoms with Crippen molar-refractivity contribution in [3.63, 3.8) is 0 Å². The lowest BCUT2D eigenvalue weighted by molar-refractivity contribution is -0.141. The largest absolute Gasteiger partial charge is 0.399 e. The first-order valence-corrected chi connectivity index (χ1v) is 26.7. The number of hydrogen-bond donors (Lipinski definition) is 4. The van der Waals surface area contributed by atoms with E-state index >= 15 is 0 Å². The normalized spacial score (nSPS) is 17.6. The molecule has 16 nitrogen and oxygen atoms in total. The Balaban J connectivity index is 0.919. The zero-order chi connectivity index (χ0) is 51.9. The van der Waals surface area contributed by atoms with E-state index in [1.165, 1.54) is 21.9 Å². The van der Waals surface area contributed by atoms with Gasteiger partial charge in [-0.25, -0.2) is 0 Å². The number of alkyl halides is 2. The Hall–Kier alpha value is -6.36. The van der Waals surface area contributed by atoms with E-state index in [-0.39, 0.29) is 72.8 Å². The van der Waals surface area contributed by atoms with Gasteiger partial charge in [0.1, 0.15) is 18.1 Å². The predicted octanol–water partition coefficient (Wildman–Crippen LogP) is 6.95. The van der Waals surface area contributed by atoms with Crippen molar-refractivity contribution in [3.8, 4) is 11.8 Å². The molecule has 72 heavy (non-hydrogen) atoms. The number of fused-ring (bicyclic) bond motifs is 3. The molecule has 3 unspecified atom stereocenters. The summed E-state index contributed by atoms with van der Waals surface area (Å²) in [7, 11) is -4.16. The number of carbonyl (C=O) groups excluding carboxylic acids is 7. The topological polar surface area (TPSA) is 214 Å². The number of nitrogens with zero attached hydrogens (tertiary/aromatic N) is 4. The van der Waals surface area contributed by atoms with Gasteiger partial charge in [0, 0.05) is 84.3 Å². The van der Waals surface area contributed by atoms with Crippen LogP contribution in [-0.4, -0.2) is 111 Å². The number of imide groups is 1. The van der Waals surface area contributed by atoms with Crippen molar-refractivity contribution >= 4 is 97.5 Å². The summed E-state index contributed by atoms with van der Waals surface area (Å²) in [6, 6.07) is 14.4. The van der Waals surface area contributed by atoms with E-state index in [0.29, 0.717) is 53.7 Å². The number of thiophene rings is 2. The number of amides is 7. The van der Waals surface area contributed by atoms with E-state index in [0.717, 1.165) is 39.1 Å². The van der Waals surface area contributed by atoms with Gasteiger partial charge in [-0.05, 0) is 107 Å². The smallest absolute Gasteiger partial charge is 0.346 e. The Labute approximate surface area is 421 Å². The third-order valence-corrected chi connectivity index (χ3v) is 16.3. The van der Waals surface area contributed by atoms with Crippen molar-refractivity contribution in [3.05, 3.63) is 99.2 Å². The summed E-state index contributed by atoms with van der Waals surface area (Å²) in [6.07, 6.45) is 2.19. The third kappa shape index (κ3) is 10.7. The average Bonchev–Trinajstić information content (AvgIpc) is 4.16. The first kappa shape index (κ1) is 52.0. The summed E-state index contributed by atoms with van der Waals surface area (Å²) in [5.74, 6) is 3.41. The highest BCUT2D eigenvalue weighted by Gasteiger charge is 2.50. The number of unbranched alkanes of at least 4 members (excludes halogenated alkanes) is 1. The molecule has 0 radical (unpaired) electrons. The van der Waals surface area contributed by atoms with Crippen LogP contribution in [0.15, 0.2) is 72.1 Å². The van der Waals surface area contributed by atoms with Crippen LogP contribution >= 0.6 is 30.3 Å². The second kappa shape index (κ2) is 20.6. The van der Waals surface area contributed by atoms with Gasteiger partial charge >= 0.3 is 13.3 Å². The Morgan fingerprint density at radius 2 is 1.74 bits per heavy atom. The number of hydrogen-bond acceptors (Lipinski definition) is 10. The van der Waals surface area contributed by atoms with Crippen molar-refractivity contribution in [1.29, 1.82) is 0 Å². The monoisotopic (exact) mass is 1040 g/mol. The standard InChI is InChI=1S/C51H53F2N6O10PS2/c1-50(2,3)44(55-46(63)41-28-32-26-33(14-17-40(32)72-41)51(52,53)70(67,68)69)49(66)58-23-9-13-38(58)48(65)57(34-15-18-39-31(27-34)21-25-71-39)24-20-43(61)56(4)22-7-5-6-10-30-11-8-12-35-36(30)29-59(47(35)64)37-16-19-42(60)54-45(37)62/h8,11-12,14-15,17-18,21,25-28,37-38,44H,5,7,9,13,16,19-20,22-24,29H2,1-4H3,(H,55,63)(H,54,60,62)(H2,67,68,69). The van der Waals surface area contributed by atoms with Crippen LogP contribution in [0.5, 0.6) is 0 Å². The molecule has 8 rings (SSSR count). The lowest BCUT2D eigenvalue weighted by Gasteiger charge is -2.36. The van der Waals surface area contributed by atoms with Crippen LogP contribution in [-0.2, 0) is 40.7 Å². The SMILES string of the molecule is CN(CCCC#Cc1cccc2c1CN(C1CCC(=O)NC1=O)C2=O)C(=O)CCN(C(=O)C1CCCN1C(=O)C(NC(=O)c1cc2cc(C(F)(F)P(=O)(O)O)ccc2s1)C(C)(C)C)c1ccc2sccc2c1. The Kier molecular flexibility index (Phi) is 14.9. The molecular formula is C51H53F2N6O10PS2. The number of piperidine rings is 1. The molecule has 0 spiro atoms. The molecule has 3 aliphatic heterocycles. The van der Waals surface area contributed by atoms with E-state index in [9.17, 15) is 56.7 Å². The van der Waals surface area contributed by atoms with Crippen molar-refractivity contribution in [2.75, 3.05) is 31.6 Å². The second-order valence-electron chi connectivity index (χ2n) is 19.2. The van der Waals surface area contributed by atoms with Gasteiger partial charge in [0.05, 0.1) is 4.88 Å². The number of benzene rings is 3. The molecule has 2 saturated heterocycles. The molecule has 5 heterocycles. The first-order chi connectivity index (χ1) is 34.0. The van der Waals surface area contributed by atoms with E-state index in [2.05, 4.69) is 22.5 Å². The minimum Gasteiger partial charge on any atom is -0.346 e. The lowest BCUT2D eigenvalue weighted by atomic mass is 9.85. The van der Waals surface area contributed by atoms with Crippen molar-refractivity contribution in [1.82, 2.24) is 25.3 Å². The van der Waals surface area contributed by atoms with E-state index in [1.54, 1.807) is 61.1 Å². The zero-order valence-electron chi connectivity index (χ0n) is 39.9. The fourth-order valence-electron chi connectivity index (χ4n) is 9.27. The molecular weight excluding hydrogens is 990 g/mol. The molecule has 3 aromatic carbocycles. The van der Waals surface area contributed by atoms with Crippen LogP contribution in [0.3, 0.4) is 0 Å². The number of halogens is 2. The minimum absolute atomic E-state index is 0.0108. The summed E-state index contributed by atoms with van der Waals surface area (Å²) < 4.78 is 42.0. The van der Waals surface area contributed by atoms with Crippen LogP contribution in [0.4, 0.5) is 14.5 Å². The zero-order valence-corrected chi connectivity index (χ0v) is 42.4. The lowest BCUT2D eigenvalue weighted by Crippen LogP contribution is -2.58. The van der Waals surface area contributed by atoms with Crippen molar-refractivity contribution < 1.29 is 56.7 Å². The quantitative estimate of drug-likeness (QED) is 0.0389. The number of rotatable bonds is 14. The van der Waals surface area contributed by atoms with Crippen LogP contribution in [0.25, 0.3) is 20.2 Å². The molecule has 2 fully saturated rings. The summed E-state index contributed by atoms with van der Waals surface area (Å²) in [6.45, 7) is 6.10. The highest BCUT2D eigenvalue weighted by molar-refractivity contribution is 7.52. The molecule has 4 N–H and O–H groups in total. The van der Waals surface area contributed by atoms with Crippen LogP contribution in [0.1, 0.15) is 102 Å². The molecule has 5 aromatic rings. The number of anilines is 1. The van der Waals surface area contributed by atoms with Crippen molar-refractivity contribution in [2.45, 2.75) is 96.1 Å². The summed E-state index contributed by atoms with van der Waals surface area (Å²) in [5, 5.41) is 8.13. The summed E-state index contributed by atoms with van der Waals surface area (Å²) in [4.78, 5) is 119. The van der Waals surface area contributed by atoms with Gasteiger partial charge in [-0.1, -0.05) is 44.7 Å². The Bertz CT molecular complexity index is 3130. The van der Waals surface area contributed by atoms with Crippen LogP contribution < -0.4 is 15.5 Å². The fourth-order valence-corrected chi connectivity index (χ4v) is 11.5. The van der Waals surface area contributed by atoms with Crippen LogP contribution in [0, 0.1) is 17.3 Å². The van der Waals surface area contributed by atoms with E-state index in [4.69, 9.17) is 0 Å². The van der Waals surface area contributed by atoms with Gasteiger partial charge in [-0.15, -0.1) is 22.7 Å². The molecule has 0 saturated carbocycles. The maximum absolute atomic E-state index is 14.8. The number of likely N-dealkylation sites (tertiary alicyclic amines) is 1. The Morgan fingerprint density at radius 3 is 2.47 bits per heavy atom. The van der Waals surface area contributed by atoms with E-state index < -0.39 is 60.1 Å². The molecule has 3 atom stereocenters. The molecule has 0 aliphatic carbocycles. The first-order valence-electron chi connectivity index (χ1n) is 23.4. The van der Waals surface area contributed by atoms with Gasteiger partial charge in [-0.2, -0.15) is 8.78 Å². The molecule has 3 aliphatic rings. The maximum Gasteiger partial charge on any atom is 0.399 e. The van der Waals surface area contributed by atoms with Crippen LogP contribution in [0.2, 0.25) is 0 Å². The van der Waals surface area contributed by atoms with Gasteiger partial charge in [0.2, 0.25) is 29.5 Å². The number of nitrogens with one attached hydrogen (secondary N) is 2. The fraction of sp³-hybridized carbons (Fsp3) is 0.392. The predicted molar refractivity (Wildman–Crippen MR) is 268 cm³/mol. The molecule has 2 aromatic heterocycles. The third-order valence-electron chi connectivity index (χ3n) is 13.3. The van der Waals surface area contributed by atoms with Gasteiger partial charge in [0.15, 0.2) is 0 Å². The van der Waals surface area contributed by atoms with E-state index in [1.807, 2.05) is 35.7 Å². The highest BCUT2D eigenvalue weighted by Crippen LogP contribution is 2.59. The molecule has 378 valence electrons. The highest BCUT2D eigenvalue weighted by atomic mass is 32.1. The maximum atomic E-state index is 14.8. The average molecular weight is 1040 g/mol.